The quantitative estimate of drug-likeness (QED) is 0.0934. The summed E-state index contributed by atoms with van der Waals surface area (Å²) in [4.78, 5) is 15.4. The zero-order valence-electron chi connectivity index (χ0n) is 23.2. The van der Waals surface area contributed by atoms with E-state index in [1.165, 1.54) is 19.2 Å². The van der Waals surface area contributed by atoms with E-state index in [2.05, 4.69) is 22.9 Å². The lowest BCUT2D eigenvalue weighted by atomic mass is 9.93. The summed E-state index contributed by atoms with van der Waals surface area (Å²) in [7, 11) is 0. The van der Waals surface area contributed by atoms with Crippen LogP contribution in [-0.2, 0) is 17.1 Å². The number of nitrogens with zero attached hydrogens (tertiary/aromatic N) is 3. The Kier molecular flexibility index (Phi) is 17.6. The highest BCUT2D eigenvalue weighted by Crippen LogP contribution is 2.37. The van der Waals surface area contributed by atoms with Gasteiger partial charge in [0.05, 0.1) is 22.4 Å². The zero-order chi connectivity index (χ0) is 31.7. The number of carbonyl (C=O) groups excluding carboxylic acids is 1. The van der Waals surface area contributed by atoms with Gasteiger partial charge in [0.25, 0.3) is 5.91 Å². The minimum absolute atomic E-state index is 0.0368. The van der Waals surface area contributed by atoms with Crippen LogP contribution in [0.1, 0.15) is 64.7 Å². The van der Waals surface area contributed by atoms with Crippen molar-refractivity contribution in [1.82, 2.24) is 5.01 Å². The van der Waals surface area contributed by atoms with Gasteiger partial charge in [-0.2, -0.15) is 31.4 Å². The molecular weight excluding hydrogens is 541 g/mol. The fourth-order valence-electron chi connectivity index (χ4n) is 3.10. The molecule has 1 amide bonds. The molecule has 1 aliphatic heterocycles. The van der Waals surface area contributed by atoms with Crippen molar-refractivity contribution in [2.45, 2.75) is 60.3 Å². The van der Waals surface area contributed by atoms with Gasteiger partial charge in [-0.15, -0.1) is 12.8 Å². The lowest BCUT2D eigenvalue weighted by Crippen LogP contribution is -2.20. The molecule has 5 nitrogen and oxygen atoms in total. The van der Waals surface area contributed by atoms with Crippen molar-refractivity contribution < 1.29 is 35.5 Å². The van der Waals surface area contributed by atoms with E-state index < -0.39 is 42.1 Å². The third-order valence-electron chi connectivity index (χ3n) is 4.77. The molecule has 0 saturated carbocycles. The lowest BCUT2D eigenvalue weighted by molar-refractivity contribution is -0.143. The Labute approximate surface area is 231 Å². The molecule has 0 aliphatic carbocycles. The van der Waals surface area contributed by atoms with E-state index in [9.17, 15) is 35.5 Å². The van der Waals surface area contributed by atoms with Gasteiger partial charge in [0.2, 0.25) is 0 Å². The molecule has 1 aromatic carbocycles. The van der Waals surface area contributed by atoms with Crippen LogP contribution < -0.4 is 5.73 Å². The van der Waals surface area contributed by atoms with E-state index >= 15 is 0 Å². The molecule has 1 aromatic rings. The highest BCUT2D eigenvalue weighted by atomic mass is 19.4. The number of hydrazone groups is 1. The number of halogens is 7. The molecule has 0 aromatic heterocycles. The summed E-state index contributed by atoms with van der Waals surface area (Å²) < 4.78 is 92.3. The third kappa shape index (κ3) is 11.9. The largest absolute Gasteiger partial charge is 0.416 e. The molecule has 12 heteroatoms. The van der Waals surface area contributed by atoms with Crippen LogP contribution in [0.2, 0.25) is 0 Å². The number of alkyl halides is 7. The van der Waals surface area contributed by atoms with Gasteiger partial charge in [0.1, 0.15) is 0 Å². The molecule has 1 heterocycles. The number of hydrogen-bond acceptors (Lipinski definition) is 4. The topological polar surface area (TPSA) is 71.1 Å². The number of rotatable bonds is 6. The molecule has 0 bridgehead atoms. The highest BCUT2D eigenvalue weighted by Gasteiger charge is 2.37. The SMILES string of the molecule is C#C.C/C=C(\C=N/CF)C(=C/N1C=CCC(C)C(c2cc(C(F)(F)F)cc(C(F)(F)F)c2)=N1)/C(N)=O.CC.CC. The zero-order valence-corrected chi connectivity index (χ0v) is 23.2. The molecule has 1 unspecified atom stereocenters. The fraction of sp³-hybridized carbons (Fsp3) is 0.393. The van der Waals surface area contributed by atoms with Gasteiger partial charge < -0.3 is 5.73 Å². The average Bonchev–Trinajstić information content (AvgIpc) is 3.11. The van der Waals surface area contributed by atoms with E-state index in [1.54, 1.807) is 13.0 Å². The highest BCUT2D eigenvalue weighted by molar-refractivity contribution is 6.05. The van der Waals surface area contributed by atoms with E-state index in [1.807, 2.05) is 27.7 Å². The van der Waals surface area contributed by atoms with E-state index in [0.717, 1.165) is 17.4 Å². The standard InChI is InChI=1S/C22H21F7N4O.2C2H6.C2H2/c1-3-14(10-31-12-23)18(20(30)34)11-33-6-4-5-13(2)19(32-33)15-7-16(21(24,25)26)9-17(8-15)22(27,28)29;3*1-2/h3-4,6-11,13H,5,12H2,1-2H3,(H2,30,34);2*1-2H3;1-2H/b14-3+,18-11-,31-10-;;;. The summed E-state index contributed by atoms with van der Waals surface area (Å²) in [5.41, 5.74) is 2.01. The van der Waals surface area contributed by atoms with Gasteiger partial charge in [-0.3, -0.25) is 9.79 Å². The van der Waals surface area contributed by atoms with Crippen LogP contribution in [0.15, 0.2) is 64.0 Å². The fourth-order valence-corrected chi connectivity index (χ4v) is 3.10. The molecule has 0 fully saturated rings. The number of nitrogens with two attached hydrogens (primary N) is 1. The molecule has 40 heavy (non-hydrogen) atoms. The molecule has 1 aliphatic rings. The monoisotopic (exact) mass is 576 g/mol. The van der Waals surface area contributed by atoms with Gasteiger partial charge >= 0.3 is 12.4 Å². The number of hydrogen-bond donors (Lipinski definition) is 1. The maximum atomic E-state index is 13.3. The van der Waals surface area contributed by atoms with E-state index in [4.69, 9.17) is 5.73 Å². The van der Waals surface area contributed by atoms with E-state index in [0.29, 0.717) is 12.1 Å². The number of primary amides is 1. The minimum atomic E-state index is -5.02. The smallest absolute Gasteiger partial charge is 0.366 e. The minimum Gasteiger partial charge on any atom is -0.366 e. The Morgan fingerprint density at radius 1 is 1.07 bits per heavy atom. The van der Waals surface area contributed by atoms with Gasteiger partial charge in [-0.1, -0.05) is 46.8 Å². The third-order valence-corrected chi connectivity index (χ3v) is 4.77. The number of benzene rings is 1. The molecule has 2 rings (SSSR count). The number of carbonyl (C=O) groups is 1. The van der Waals surface area contributed by atoms with Crippen LogP contribution in [0.3, 0.4) is 0 Å². The molecule has 2 N–H and O–H groups in total. The second-order valence-electron chi connectivity index (χ2n) is 7.26. The first-order valence-electron chi connectivity index (χ1n) is 12.2. The number of terminal acetylenes is 1. The maximum Gasteiger partial charge on any atom is 0.416 e. The molecular formula is C28H35F7N4O. The van der Waals surface area contributed by atoms with Crippen molar-refractivity contribution in [2.75, 3.05) is 6.80 Å². The number of allylic oxidation sites excluding steroid dienone is 2. The Bertz CT molecular complexity index is 1080. The second-order valence-corrected chi connectivity index (χ2v) is 7.26. The van der Waals surface area contributed by atoms with Crippen molar-refractivity contribution in [3.8, 4) is 12.8 Å². The predicted molar refractivity (Wildman–Crippen MR) is 146 cm³/mol. The van der Waals surface area contributed by atoms with Crippen LogP contribution in [0.4, 0.5) is 30.7 Å². The Morgan fingerprint density at radius 3 is 1.98 bits per heavy atom. The van der Waals surface area contributed by atoms with E-state index in [-0.39, 0.29) is 34.9 Å². The Balaban J connectivity index is 0. The van der Waals surface area contributed by atoms with Gasteiger partial charge in [0.15, 0.2) is 6.80 Å². The van der Waals surface area contributed by atoms with Crippen molar-refractivity contribution in [1.29, 1.82) is 0 Å². The summed E-state index contributed by atoms with van der Waals surface area (Å²) in [6.07, 6.45) is 4.79. The summed E-state index contributed by atoms with van der Waals surface area (Å²) in [5.74, 6) is -1.50. The number of aliphatic imine (C=N–C) groups is 1. The summed E-state index contributed by atoms with van der Waals surface area (Å²) in [6.45, 7) is 10.1. The van der Waals surface area contributed by atoms with Crippen molar-refractivity contribution in [3.05, 3.63) is 70.6 Å². The average molecular weight is 577 g/mol. The van der Waals surface area contributed by atoms with Crippen LogP contribution in [0, 0.1) is 18.8 Å². The van der Waals surface area contributed by atoms with Gasteiger partial charge in [0, 0.05) is 30.1 Å². The summed E-state index contributed by atoms with van der Waals surface area (Å²) in [5, 5.41) is 5.25. The van der Waals surface area contributed by atoms with Crippen molar-refractivity contribution in [3.63, 3.8) is 0 Å². The van der Waals surface area contributed by atoms with Crippen molar-refractivity contribution >= 4 is 17.8 Å². The van der Waals surface area contributed by atoms with Crippen LogP contribution in [0.5, 0.6) is 0 Å². The number of amides is 1. The van der Waals surface area contributed by atoms with Gasteiger partial charge in [-0.05, 0) is 37.1 Å². The molecule has 0 radical (unpaired) electrons. The first-order valence-corrected chi connectivity index (χ1v) is 12.2. The first kappa shape index (κ1) is 38.3. The normalized spacial score (nSPS) is 15.9. The molecule has 0 saturated heterocycles. The predicted octanol–water partition coefficient (Wildman–Crippen LogP) is 7.90. The van der Waals surface area contributed by atoms with Crippen LogP contribution in [-0.4, -0.2) is 29.6 Å². The van der Waals surface area contributed by atoms with Crippen LogP contribution in [0.25, 0.3) is 0 Å². The first-order chi connectivity index (χ1) is 18.8. The maximum absolute atomic E-state index is 13.3. The lowest BCUT2D eigenvalue weighted by Gasteiger charge is -2.19. The molecule has 1 atom stereocenters. The second kappa shape index (κ2) is 18.4. The molecule has 0 spiro atoms. The van der Waals surface area contributed by atoms with Crippen molar-refractivity contribution in [2.24, 2.45) is 21.7 Å². The summed E-state index contributed by atoms with van der Waals surface area (Å²) >= 11 is 0. The van der Waals surface area contributed by atoms with Crippen LogP contribution >= 0.6 is 0 Å². The Morgan fingerprint density at radius 2 is 1.57 bits per heavy atom. The Hall–Kier alpha value is -3.88. The van der Waals surface area contributed by atoms with Gasteiger partial charge in [-0.25, -0.2) is 9.40 Å². The molecule has 222 valence electrons. The summed E-state index contributed by atoms with van der Waals surface area (Å²) in [6, 6.07) is 1.23.